The Hall–Kier alpha value is -2.08. The number of carbonyl (C=O) groups excluding carboxylic acids is 1. The maximum absolute atomic E-state index is 11.8. The van der Waals surface area contributed by atoms with Crippen LogP contribution in [-0.4, -0.2) is 18.0 Å². The quantitative estimate of drug-likeness (QED) is 0.910. The fourth-order valence-electron chi connectivity index (χ4n) is 2.14. The third-order valence-electron chi connectivity index (χ3n) is 3.44. The fraction of sp³-hybridized carbons (Fsp3) is 0.333. The molecule has 21 heavy (non-hydrogen) atoms. The summed E-state index contributed by atoms with van der Waals surface area (Å²) < 4.78 is 5.37. The van der Waals surface area contributed by atoms with Crippen LogP contribution in [0.2, 0.25) is 0 Å². The summed E-state index contributed by atoms with van der Waals surface area (Å²) in [6, 6.07) is 5.85. The summed E-state index contributed by atoms with van der Waals surface area (Å²) in [5, 5.41) is 3.95. The Balaban J connectivity index is 1.93. The number of rotatable bonds is 4. The van der Waals surface area contributed by atoms with Gasteiger partial charge < -0.3 is 15.8 Å². The van der Waals surface area contributed by atoms with Gasteiger partial charge in [0, 0.05) is 11.5 Å². The summed E-state index contributed by atoms with van der Waals surface area (Å²) in [6.07, 6.45) is 1.93. The first-order valence-electron chi connectivity index (χ1n) is 6.80. The zero-order valence-electron chi connectivity index (χ0n) is 12.0. The smallest absolute Gasteiger partial charge is 0.229 e. The van der Waals surface area contributed by atoms with E-state index in [1.807, 2.05) is 25.1 Å². The van der Waals surface area contributed by atoms with Gasteiger partial charge in [-0.2, -0.15) is 0 Å². The van der Waals surface area contributed by atoms with Crippen molar-refractivity contribution in [3.8, 4) is 17.0 Å². The average molecular weight is 303 g/mol. The van der Waals surface area contributed by atoms with Gasteiger partial charge >= 0.3 is 0 Å². The Kier molecular flexibility index (Phi) is 3.55. The molecule has 0 aliphatic heterocycles. The van der Waals surface area contributed by atoms with Crippen molar-refractivity contribution in [2.75, 3.05) is 18.2 Å². The number of hydrogen-bond donors (Lipinski definition) is 2. The summed E-state index contributed by atoms with van der Waals surface area (Å²) in [4.78, 5) is 16.3. The Morgan fingerprint density at radius 1 is 1.48 bits per heavy atom. The molecule has 1 aliphatic rings. The molecular weight excluding hydrogens is 286 g/mol. The highest BCUT2D eigenvalue weighted by Crippen LogP contribution is 2.39. The third kappa shape index (κ3) is 2.85. The van der Waals surface area contributed by atoms with Crippen molar-refractivity contribution in [2.24, 2.45) is 5.92 Å². The number of amides is 1. The molecule has 3 rings (SSSR count). The lowest BCUT2D eigenvalue weighted by atomic mass is 10.1. The zero-order valence-corrected chi connectivity index (χ0v) is 12.8. The Bertz CT molecular complexity index is 692. The van der Waals surface area contributed by atoms with Gasteiger partial charge in [0.2, 0.25) is 5.91 Å². The highest BCUT2D eigenvalue weighted by molar-refractivity contribution is 7.20. The number of methoxy groups -OCH3 is 1. The van der Waals surface area contributed by atoms with Gasteiger partial charge in [0.25, 0.3) is 0 Å². The minimum Gasteiger partial charge on any atom is -0.496 e. The summed E-state index contributed by atoms with van der Waals surface area (Å²) in [5.41, 5.74) is 8.67. The van der Waals surface area contributed by atoms with E-state index in [1.54, 1.807) is 7.11 Å². The van der Waals surface area contributed by atoms with Crippen molar-refractivity contribution in [1.82, 2.24) is 4.98 Å². The lowest BCUT2D eigenvalue weighted by Crippen LogP contribution is -2.12. The second-order valence-corrected chi connectivity index (χ2v) is 6.23. The SMILES string of the molecule is COc1ccc(C)cc1-c1nc(NC(=O)C2CC2)sc1N. The molecule has 0 radical (unpaired) electrons. The first-order valence-corrected chi connectivity index (χ1v) is 7.62. The fourth-order valence-corrected chi connectivity index (χ4v) is 2.89. The third-order valence-corrected chi connectivity index (χ3v) is 4.24. The van der Waals surface area contributed by atoms with Crippen molar-refractivity contribution in [3.05, 3.63) is 23.8 Å². The van der Waals surface area contributed by atoms with Crippen LogP contribution in [0.3, 0.4) is 0 Å². The number of nitrogen functional groups attached to an aromatic ring is 1. The van der Waals surface area contributed by atoms with Crippen molar-refractivity contribution in [1.29, 1.82) is 0 Å². The van der Waals surface area contributed by atoms with Crippen LogP contribution < -0.4 is 15.8 Å². The van der Waals surface area contributed by atoms with E-state index in [9.17, 15) is 4.79 Å². The standard InChI is InChI=1S/C15H17N3O2S/c1-8-3-6-11(20-2)10(7-8)12-13(16)21-15(17-12)18-14(19)9-4-5-9/h3,6-7,9H,4-5,16H2,1-2H3,(H,17,18,19). The molecule has 3 N–H and O–H groups in total. The number of ether oxygens (including phenoxy) is 1. The van der Waals surface area contributed by atoms with Gasteiger partial charge in [0.05, 0.1) is 7.11 Å². The Morgan fingerprint density at radius 3 is 2.90 bits per heavy atom. The molecule has 5 nitrogen and oxygen atoms in total. The second-order valence-electron chi connectivity index (χ2n) is 5.20. The molecule has 1 saturated carbocycles. The molecule has 0 saturated heterocycles. The molecule has 1 aromatic heterocycles. The number of nitrogens with one attached hydrogen (secondary N) is 1. The van der Waals surface area contributed by atoms with Gasteiger partial charge in [-0.1, -0.05) is 23.0 Å². The second kappa shape index (κ2) is 5.37. The van der Waals surface area contributed by atoms with Crippen molar-refractivity contribution < 1.29 is 9.53 Å². The molecule has 0 atom stereocenters. The molecule has 1 aromatic carbocycles. The minimum atomic E-state index is 0.0338. The van der Waals surface area contributed by atoms with Crippen LogP contribution in [0.25, 0.3) is 11.3 Å². The minimum absolute atomic E-state index is 0.0338. The van der Waals surface area contributed by atoms with Crippen LogP contribution in [0.4, 0.5) is 10.1 Å². The molecule has 0 spiro atoms. The predicted molar refractivity (Wildman–Crippen MR) is 84.6 cm³/mol. The highest BCUT2D eigenvalue weighted by Gasteiger charge is 2.30. The van der Waals surface area contributed by atoms with E-state index >= 15 is 0 Å². The van der Waals surface area contributed by atoms with E-state index in [2.05, 4.69) is 10.3 Å². The molecule has 0 unspecified atom stereocenters. The van der Waals surface area contributed by atoms with E-state index in [0.717, 1.165) is 29.7 Å². The van der Waals surface area contributed by atoms with E-state index < -0.39 is 0 Å². The number of benzene rings is 1. The first-order chi connectivity index (χ1) is 10.1. The number of nitrogens with two attached hydrogens (primary N) is 1. The van der Waals surface area contributed by atoms with E-state index in [0.29, 0.717) is 15.8 Å². The molecule has 6 heteroatoms. The van der Waals surface area contributed by atoms with Gasteiger partial charge in [-0.3, -0.25) is 4.79 Å². The largest absolute Gasteiger partial charge is 0.496 e. The maximum atomic E-state index is 11.8. The number of hydrogen-bond acceptors (Lipinski definition) is 5. The van der Waals surface area contributed by atoms with Crippen LogP contribution in [0, 0.1) is 12.8 Å². The Morgan fingerprint density at radius 2 is 2.24 bits per heavy atom. The number of nitrogens with zero attached hydrogens (tertiary/aromatic N) is 1. The van der Waals surface area contributed by atoms with Gasteiger partial charge in [-0.05, 0) is 31.9 Å². The van der Waals surface area contributed by atoms with Gasteiger partial charge in [-0.15, -0.1) is 0 Å². The number of aromatic nitrogens is 1. The summed E-state index contributed by atoms with van der Waals surface area (Å²) in [7, 11) is 1.62. The van der Waals surface area contributed by atoms with Crippen molar-refractivity contribution in [3.63, 3.8) is 0 Å². The van der Waals surface area contributed by atoms with Crippen LogP contribution >= 0.6 is 11.3 Å². The van der Waals surface area contributed by atoms with Crippen LogP contribution in [0.15, 0.2) is 18.2 Å². The van der Waals surface area contributed by atoms with Crippen molar-refractivity contribution >= 4 is 27.4 Å². The summed E-state index contributed by atoms with van der Waals surface area (Å²) in [6.45, 7) is 2.00. The van der Waals surface area contributed by atoms with E-state index in [-0.39, 0.29) is 11.8 Å². The lowest BCUT2D eigenvalue weighted by molar-refractivity contribution is -0.117. The normalized spacial score (nSPS) is 14.0. The van der Waals surface area contributed by atoms with Gasteiger partial charge in [0.15, 0.2) is 5.13 Å². The number of thiazole rings is 1. The van der Waals surface area contributed by atoms with E-state index in [1.165, 1.54) is 11.3 Å². The molecular formula is C15H17N3O2S. The lowest BCUT2D eigenvalue weighted by Gasteiger charge is -2.07. The topological polar surface area (TPSA) is 77.2 Å². The first kappa shape index (κ1) is 13.9. The molecule has 1 amide bonds. The monoisotopic (exact) mass is 303 g/mol. The number of carbonyl (C=O) groups is 1. The highest BCUT2D eigenvalue weighted by atomic mass is 32.1. The molecule has 110 valence electrons. The Labute approximate surface area is 127 Å². The summed E-state index contributed by atoms with van der Waals surface area (Å²) >= 11 is 1.29. The maximum Gasteiger partial charge on any atom is 0.229 e. The molecule has 0 bridgehead atoms. The van der Waals surface area contributed by atoms with Crippen LogP contribution in [0.5, 0.6) is 5.75 Å². The molecule has 2 aromatic rings. The zero-order chi connectivity index (χ0) is 15.0. The van der Waals surface area contributed by atoms with Crippen LogP contribution in [-0.2, 0) is 4.79 Å². The van der Waals surface area contributed by atoms with Crippen LogP contribution in [0.1, 0.15) is 18.4 Å². The molecule has 1 aliphatic carbocycles. The predicted octanol–water partition coefficient (Wildman–Crippen LogP) is 3.06. The summed E-state index contributed by atoms with van der Waals surface area (Å²) in [5.74, 6) is 0.899. The molecule has 1 heterocycles. The number of aryl methyl sites for hydroxylation is 1. The average Bonchev–Trinajstić information content (AvgIpc) is 3.24. The van der Waals surface area contributed by atoms with Crippen molar-refractivity contribution in [2.45, 2.75) is 19.8 Å². The van der Waals surface area contributed by atoms with Gasteiger partial charge in [0.1, 0.15) is 16.4 Å². The van der Waals surface area contributed by atoms with Gasteiger partial charge in [-0.25, -0.2) is 4.98 Å². The molecule has 1 fully saturated rings. The number of anilines is 2. The van der Waals surface area contributed by atoms with E-state index in [4.69, 9.17) is 10.5 Å².